The number of ether oxygens (including phenoxy) is 1. The van der Waals surface area contributed by atoms with Crippen LogP contribution in [0.15, 0.2) is 66.7 Å². The van der Waals surface area contributed by atoms with Crippen molar-refractivity contribution in [3.63, 3.8) is 0 Å². The van der Waals surface area contributed by atoms with E-state index in [2.05, 4.69) is 15.6 Å². The normalized spacial score (nSPS) is 12.5. The van der Waals surface area contributed by atoms with Crippen LogP contribution in [-0.2, 0) is 20.7 Å². The molecule has 1 amide bonds. The van der Waals surface area contributed by atoms with Crippen molar-refractivity contribution in [3.05, 3.63) is 82.9 Å². The molecular formula is C27H25ClN4O7. The van der Waals surface area contributed by atoms with Crippen LogP contribution in [0.2, 0.25) is 5.02 Å². The number of aromatic nitrogens is 3. The molecule has 1 unspecified atom stereocenters. The molecule has 0 bridgehead atoms. The molecule has 12 heteroatoms. The highest BCUT2D eigenvalue weighted by Gasteiger charge is 2.23. The average Bonchev–Trinajstić information content (AvgIpc) is 3.31. The molecular weight excluding hydrogens is 528 g/mol. The van der Waals surface area contributed by atoms with Crippen LogP contribution in [0.5, 0.6) is 0 Å². The lowest BCUT2D eigenvalue weighted by atomic mass is 9.97. The molecule has 0 radical (unpaired) electrons. The smallest absolute Gasteiger partial charge is 0.332 e. The summed E-state index contributed by atoms with van der Waals surface area (Å²) < 4.78 is 4.74. The Morgan fingerprint density at radius 3 is 2.51 bits per heavy atom. The molecule has 3 N–H and O–H groups in total. The van der Waals surface area contributed by atoms with Gasteiger partial charge in [-0.1, -0.05) is 52.8 Å². The topological polar surface area (TPSA) is 153 Å². The van der Waals surface area contributed by atoms with Crippen LogP contribution in [0.25, 0.3) is 22.2 Å². The number of aliphatic carboxylic acids is 1. The van der Waals surface area contributed by atoms with Gasteiger partial charge in [0.2, 0.25) is 0 Å². The highest BCUT2D eigenvalue weighted by molar-refractivity contribution is 6.30. The summed E-state index contributed by atoms with van der Waals surface area (Å²) in [6.45, 7) is 0.839. The first-order valence-corrected chi connectivity index (χ1v) is 12.3. The number of carboxylic acid groups (broad SMARTS) is 1. The van der Waals surface area contributed by atoms with Gasteiger partial charge in [0.25, 0.3) is 12.7 Å². The van der Waals surface area contributed by atoms with E-state index >= 15 is 0 Å². The maximum atomic E-state index is 13.1. The average molecular weight is 553 g/mol. The maximum absolute atomic E-state index is 13.1. The second-order valence-corrected chi connectivity index (χ2v) is 9.16. The summed E-state index contributed by atoms with van der Waals surface area (Å²) in [6, 6.07) is 18.9. The quantitative estimate of drug-likeness (QED) is 0.188. The van der Waals surface area contributed by atoms with Crippen molar-refractivity contribution in [2.75, 3.05) is 6.79 Å². The Bertz CT molecular complexity index is 1490. The van der Waals surface area contributed by atoms with Gasteiger partial charge in [0.05, 0.1) is 0 Å². The van der Waals surface area contributed by atoms with Gasteiger partial charge < -0.3 is 25.1 Å². The number of halogens is 1. The van der Waals surface area contributed by atoms with Gasteiger partial charge in [-0.25, -0.2) is 4.79 Å². The number of carboxylic acids is 1. The number of esters is 1. The Morgan fingerprint density at radius 1 is 1.05 bits per heavy atom. The van der Waals surface area contributed by atoms with Crippen LogP contribution >= 0.6 is 11.6 Å². The van der Waals surface area contributed by atoms with E-state index in [1.165, 1.54) is 19.1 Å². The molecule has 0 aliphatic heterocycles. The molecule has 3 aromatic carbocycles. The number of carbonyl (C=O) groups is 3. The number of nitrogens with zero attached hydrogens (tertiary/aromatic N) is 3. The Labute approximate surface area is 227 Å². The number of benzene rings is 3. The van der Waals surface area contributed by atoms with Gasteiger partial charge in [-0.15, -0.1) is 5.10 Å². The molecule has 1 aromatic heterocycles. The first-order chi connectivity index (χ1) is 18.7. The molecule has 0 fully saturated rings. The summed E-state index contributed by atoms with van der Waals surface area (Å²) in [7, 11) is 0. The van der Waals surface area contributed by atoms with E-state index in [1.54, 1.807) is 12.1 Å². The summed E-state index contributed by atoms with van der Waals surface area (Å²) in [5.41, 5.74) is 3.75. The standard InChI is InChI=1S/C27H25ClN4O7/c1-16(33)38-15-39-32-24-13-20(9-10-23(24)30-31-32)26(35)29-22(14-25(34)27(36)37)11-17-5-7-18(8-6-17)19-3-2-4-21(28)12-19/h2-10,12-13,22,25,34H,11,14-15H2,1H3,(H,29,35)(H,36,37)/t22?,25-/m1/s1. The Kier molecular flexibility index (Phi) is 8.74. The Balaban J connectivity index is 1.50. The molecule has 1 heterocycles. The molecule has 0 saturated carbocycles. The number of nitrogens with one attached hydrogen (secondary N) is 1. The second kappa shape index (κ2) is 12.4. The van der Waals surface area contributed by atoms with Crippen LogP contribution in [0.4, 0.5) is 0 Å². The lowest BCUT2D eigenvalue weighted by molar-refractivity contribution is -0.154. The number of aliphatic hydroxyl groups excluding tert-OH is 1. The van der Waals surface area contributed by atoms with E-state index < -0.39 is 36.8 Å². The van der Waals surface area contributed by atoms with Crippen molar-refractivity contribution in [3.8, 4) is 11.1 Å². The molecule has 11 nitrogen and oxygen atoms in total. The number of hydrogen-bond acceptors (Lipinski definition) is 8. The lowest BCUT2D eigenvalue weighted by Crippen LogP contribution is -2.40. The van der Waals surface area contributed by atoms with E-state index in [0.29, 0.717) is 16.1 Å². The van der Waals surface area contributed by atoms with Crippen molar-refractivity contribution < 1.29 is 34.2 Å². The molecule has 0 saturated heterocycles. The van der Waals surface area contributed by atoms with Crippen molar-refractivity contribution in [1.82, 2.24) is 20.5 Å². The molecule has 0 spiro atoms. The fourth-order valence-corrected chi connectivity index (χ4v) is 4.10. The summed E-state index contributed by atoms with van der Waals surface area (Å²) in [4.78, 5) is 41.7. The first-order valence-electron chi connectivity index (χ1n) is 11.9. The Morgan fingerprint density at radius 2 is 1.82 bits per heavy atom. The van der Waals surface area contributed by atoms with Crippen molar-refractivity contribution in [1.29, 1.82) is 0 Å². The minimum atomic E-state index is -1.66. The largest absolute Gasteiger partial charge is 0.479 e. The van der Waals surface area contributed by atoms with Crippen LogP contribution < -0.4 is 10.2 Å². The third-order valence-electron chi connectivity index (χ3n) is 5.84. The fourth-order valence-electron chi connectivity index (χ4n) is 3.91. The Hall–Kier alpha value is -4.48. The van der Waals surface area contributed by atoms with E-state index in [1.807, 2.05) is 42.5 Å². The molecule has 4 aromatic rings. The zero-order valence-corrected chi connectivity index (χ0v) is 21.5. The summed E-state index contributed by atoms with van der Waals surface area (Å²) in [6.07, 6.45) is -1.59. The third kappa shape index (κ3) is 7.30. The summed E-state index contributed by atoms with van der Waals surface area (Å²) in [5.74, 6) is -2.41. The first kappa shape index (κ1) is 27.6. The van der Waals surface area contributed by atoms with Gasteiger partial charge >= 0.3 is 11.9 Å². The number of hydrogen-bond donors (Lipinski definition) is 3. The minimum Gasteiger partial charge on any atom is -0.479 e. The van der Waals surface area contributed by atoms with Crippen LogP contribution in [0.1, 0.15) is 29.3 Å². The lowest BCUT2D eigenvalue weighted by Gasteiger charge is -2.21. The molecule has 0 aliphatic rings. The van der Waals surface area contributed by atoms with Gasteiger partial charge in [-0.2, -0.15) is 0 Å². The highest BCUT2D eigenvalue weighted by atomic mass is 35.5. The number of amides is 1. The second-order valence-electron chi connectivity index (χ2n) is 8.72. The van der Waals surface area contributed by atoms with Crippen LogP contribution in [0, 0.1) is 0 Å². The predicted molar refractivity (Wildman–Crippen MR) is 141 cm³/mol. The van der Waals surface area contributed by atoms with E-state index in [-0.39, 0.29) is 18.4 Å². The minimum absolute atomic E-state index is 0.204. The van der Waals surface area contributed by atoms with Crippen LogP contribution in [-0.4, -0.2) is 62.2 Å². The van der Waals surface area contributed by atoms with Gasteiger partial charge in [-0.3, -0.25) is 9.59 Å². The number of aliphatic hydroxyl groups is 1. The molecule has 2 atom stereocenters. The summed E-state index contributed by atoms with van der Waals surface area (Å²) in [5, 5.41) is 30.4. The van der Waals surface area contributed by atoms with E-state index in [9.17, 15) is 24.6 Å². The summed E-state index contributed by atoms with van der Waals surface area (Å²) >= 11 is 6.09. The van der Waals surface area contributed by atoms with Gasteiger partial charge in [0.15, 0.2) is 6.10 Å². The maximum Gasteiger partial charge on any atom is 0.332 e. The van der Waals surface area contributed by atoms with E-state index in [0.717, 1.165) is 21.5 Å². The monoisotopic (exact) mass is 552 g/mol. The zero-order chi connectivity index (χ0) is 27.9. The number of rotatable bonds is 11. The van der Waals surface area contributed by atoms with Crippen molar-refractivity contribution in [2.45, 2.75) is 31.9 Å². The molecule has 202 valence electrons. The molecule has 39 heavy (non-hydrogen) atoms. The highest BCUT2D eigenvalue weighted by Crippen LogP contribution is 2.24. The van der Waals surface area contributed by atoms with Crippen LogP contribution in [0.3, 0.4) is 0 Å². The zero-order valence-electron chi connectivity index (χ0n) is 20.8. The third-order valence-corrected chi connectivity index (χ3v) is 6.07. The van der Waals surface area contributed by atoms with Gasteiger partial charge in [0, 0.05) is 30.0 Å². The predicted octanol–water partition coefficient (Wildman–Crippen LogP) is 2.88. The SMILES string of the molecule is CC(=O)OCOn1nnc2ccc(C(=O)NC(Cc3ccc(-c4cccc(Cl)c4)cc3)C[C@@H](O)C(=O)O)cc21. The van der Waals surface area contributed by atoms with E-state index in [4.69, 9.17) is 21.2 Å². The van der Waals surface area contributed by atoms with Crippen molar-refractivity contribution in [2.24, 2.45) is 0 Å². The van der Waals surface area contributed by atoms with Gasteiger partial charge in [-0.05, 0) is 58.7 Å². The van der Waals surface area contributed by atoms with Gasteiger partial charge in [0.1, 0.15) is 11.0 Å². The number of carbonyl (C=O) groups excluding carboxylic acids is 2. The fraction of sp³-hybridized carbons (Fsp3) is 0.222. The number of fused-ring (bicyclic) bond motifs is 1. The molecule has 4 rings (SSSR count). The molecule has 0 aliphatic carbocycles. The van der Waals surface area contributed by atoms with Crippen molar-refractivity contribution >= 4 is 40.5 Å².